The summed E-state index contributed by atoms with van der Waals surface area (Å²) in [6.07, 6.45) is 5.19. The summed E-state index contributed by atoms with van der Waals surface area (Å²) in [6.45, 7) is 3.18. The average molecular weight is 431 g/mol. The molecule has 164 valence electrons. The number of anilines is 2. The SMILES string of the molecule is Cc1ccc(NC(=O)c2cccc(NC(=O)c3cccnc3)c2)c(OCC2CCCO2)c1. The Morgan fingerprint density at radius 2 is 1.91 bits per heavy atom. The first kappa shape index (κ1) is 21.5. The average Bonchev–Trinajstić information content (AvgIpc) is 3.33. The number of nitrogens with zero attached hydrogens (tertiary/aromatic N) is 1. The van der Waals surface area contributed by atoms with Gasteiger partial charge in [-0.15, -0.1) is 0 Å². The molecule has 1 atom stereocenters. The van der Waals surface area contributed by atoms with Crippen LogP contribution in [0.4, 0.5) is 11.4 Å². The van der Waals surface area contributed by atoms with E-state index in [0.29, 0.717) is 34.9 Å². The van der Waals surface area contributed by atoms with E-state index in [9.17, 15) is 9.59 Å². The standard InChI is InChI=1S/C25H25N3O4/c1-17-9-10-22(23(13-17)32-16-21-8-4-12-31-21)28-24(29)18-5-2-7-20(14-18)27-25(30)19-6-3-11-26-15-19/h2-3,5-7,9-11,13-15,21H,4,8,12,16H2,1H3,(H,27,30)(H,28,29). The quantitative estimate of drug-likeness (QED) is 0.577. The fraction of sp³-hybridized carbons (Fsp3) is 0.240. The Kier molecular flexibility index (Phi) is 6.77. The number of amides is 2. The van der Waals surface area contributed by atoms with E-state index in [4.69, 9.17) is 9.47 Å². The molecule has 1 aliphatic heterocycles. The highest BCUT2D eigenvalue weighted by Crippen LogP contribution is 2.27. The van der Waals surface area contributed by atoms with Gasteiger partial charge in [0.05, 0.1) is 17.4 Å². The van der Waals surface area contributed by atoms with Crippen molar-refractivity contribution in [2.45, 2.75) is 25.9 Å². The summed E-state index contributed by atoms with van der Waals surface area (Å²) >= 11 is 0. The van der Waals surface area contributed by atoms with Gasteiger partial charge in [0.2, 0.25) is 0 Å². The first-order valence-corrected chi connectivity index (χ1v) is 10.6. The maximum absolute atomic E-state index is 12.9. The van der Waals surface area contributed by atoms with Crippen molar-refractivity contribution in [1.29, 1.82) is 0 Å². The van der Waals surface area contributed by atoms with E-state index in [2.05, 4.69) is 15.6 Å². The first-order valence-electron chi connectivity index (χ1n) is 10.6. The van der Waals surface area contributed by atoms with Gasteiger partial charge in [-0.1, -0.05) is 12.1 Å². The molecule has 2 amide bonds. The molecule has 1 unspecified atom stereocenters. The minimum atomic E-state index is -0.298. The molecule has 0 aliphatic carbocycles. The van der Waals surface area contributed by atoms with Gasteiger partial charge in [0.15, 0.2) is 0 Å². The molecule has 1 aromatic heterocycles. The summed E-state index contributed by atoms with van der Waals surface area (Å²) in [6, 6.07) is 15.8. The second kappa shape index (κ2) is 10.1. The minimum absolute atomic E-state index is 0.0826. The van der Waals surface area contributed by atoms with Crippen LogP contribution in [-0.4, -0.2) is 36.1 Å². The van der Waals surface area contributed by atoms with Gasteiger partial charge in [0.1, 0.15) is 12.4 Å². The molecule has 1 fully saturated rings. The molecule has 4 rings (SSSR count). The zero-order valence-corrected chi connectivity index (χ0v) is 17.8. The Bertz CT molecular complexity index is 1100. The van der Waals surface area contributed by atoms with E-state index in [0.717, 1.165) is 25.0 Å². The molecule has 32 heavy (non-hydrogen) atoms. The van der Waals surface area contributed by atoms with Crippen molar-refractivity contribution >= 4 is 23.2 Å². The van der Waals surface area contributed by atoms with Crippen LogP contribution in [0.25, 0.3) is 0 Å². The molecular formula is C25H25N3O4. The van der Waals surface area contributed by atoms with Gasteiger partial charge in [-0.3, -0.25) is 14.6 Å². The van der Waals surface area contributed by atoms with Crippen molar-refractivity contribution in [1.82, 2.24) is 4.98 Å². The van der Waals surface area contributed by atoms with Gasteiger partial charge in [-0.25, -0.2) is 0 Å². The summed E-state index contributed by atoms with van der Waals surface area (Å²) in [5, 5.41) is 5.70. The molecule has 0 saturated carbocycles. The highest BCUT2D eigenvalue weighted by Gasteiger charge is 2.18. The van der Waals surface area contributed by atoms with Crippen LogP contribution in [0.2, 0.25) is 0 Å². The number of nitrogens with one attached hydrogen (secondary N) is 2. The minimum Gasteiger partial charge on any atom is -0.489 e. The lowest BCUT2D eigenvalue weighted by molar-refractivity contribution is 0.0681. The molecule has 7 nitrogen and oxygen atoms in total. The lowest BCUT2D eigenvalue weighted by Gasteiger charge is -2.16. The molecule has 2 heterocycles. The Labute approximate surface area is 186 Å². The summed E-state index contributed by atoms with van der Waals surface area (Å²) in [4.78, 5) is 29.2. The lowest BCUT2D eigenvalue weighted by Crippen LogP contribution is -2.18. The Morgan fingerprint density at radius 1 is 1.06 bits per heavy atom. The molecule has 0 bridgehead atoms. The topological polar surface area (TPSA) is 89.6 Å². The van der Waals surface area contributed by atoms with Crippen LogP contribution in [0.15, 0.2) is 67.0 Å². The number of aromatic nitrogens is 1. The molecule has 1 aliphatic rings. The van der Waals surface area contributed by atoms with E-state index < -0.39 is 0 Å². The molecule has 2 aromatic carbocycles. The van der Waals surface area contributed by atoms with Gasteiger partial charge in [0, 0.05) is 30.3 Å². The van der Waals surface area contributed by atoms with Gasteiger partial charge in [-0.2, -0.15) is 0 Å². The summed E-state index contributed by atoms with van der Waals surface area (Å²) < 4.78 is 11.6. The third-order valence-corrected chi connectivity index (χ3v) is 5.14. The lowest BCUT2D eigenvalue weighted by atomic mass is 10.1. The van der Waals surface area contributed by atoms with Crippen LogP contribution in [0.1, 0.15) is 39.1 Å². The first-order chi connectivity index (χ1) is 15.6. The van der Waals surface area contributed by atoms with Crippen molar-refractivity contribution in [3.63, 3.8) is 0 Å². The fourth-order valence-corrected chi connectivity index (χ4v) is 3.44. The molecule has 0 spiro atoms. The molecule has 0 radical (unpaired) electrons. The fourth-order valence-electron chi connectivity index (χ4n) is 3.44. The number of carbonyl (C=O) groups excluding carboxylic acids is 2. The van der Waals surface area contributed by atoms with Gasteiger partial charge in [-0.05, 0) is 67.8 Å². The maximum Gasteiger partial charge on any atom is 0.257 e. The van der Waals surface area contributed by atoms with E-state index in [-0.39, 0.29) is 17.9 Å². The zero-order chi connectivity index (χ0) is 22.3. The van der Waals surface area contributed by atoms with E-state index in [1.165, 1.54) is 6.20 Å². The smallest absolute Gasteiger partial charge is 0.257 e. The van der Waals surface area contributed by atoms with Crippen LogP contribution in [0.3, 0.4) is 0 Å². The third kappa shape index (κ3) is 5.50. The monoisotopic (exact) mass is 431 g/mol. The van der Waals surface area contributed by atoms with Crippen molar-refractivity contribution < 1.29 is 19.1 Å². The van der Waals surface area contributed by atoms with E-state index in [1.807, 2.05) is 25.1 Å². The number of benzene rings is 2. The summed E-state index contributed by atoms with van der Waals surface area (Å²) in [7, 11) is 0. The molecular weight excluding hydrogens is 406 g/mol. The highest BCUT2D eigenvalue weighted by atomic mass is 16.5. The predicted octanol–water partition coefficient (Wildman–Crippen LogP) is 4.45. The van der Waals surface area contributed by atoms with Crippen LogP contribution >= 0.6 is 0 Å². The van der Waals surface area contributed by atoms with Crippen LogP contribution in [0.5, 0.6) is 5.75 Å². The largest absolute Gasteiger partial charge is 0.489 e. The number of carbonyl (C=O) groups is 2. The second-order valence-electron chi connectivity index (χ2n) is 7.68. The Balaban J connectivity index is 1.44. The number of pyridine rings is 1. The highest BCUT2D eigenvalue weighted by molar-refractivity contribution is 6.07. The number of hydrogen-bond acceptors (Lipinski definition) is 5. The number of ether oxygens (including phenoxy) is 2. The van der Waals surface area contributed by atoms with Crippen LogP contribution < -0.4 is 15.4 Å². The van der Waals surface area contributed by atoms with Gasteiger partial charge < -0.3 is 20.1 Å². The van der Waals surface area contributed by atoms with E-state index in [1.54, 1.807) is 42.6 Å². The van der Waals surface area contributed by atoms with Crippen molar-refractivity contribution in [3.8, 4) is 5.75 Å². The third-order valence-electron chi connectivity index (χ3n) is 5.14. The van der Waals surface area contributed by atoms with Gasteiger partial charge >= 0.3 is 0 Å². The second-order valence-corrected chi connectivity index (χ2v) is 7.68. The maximum atomic E-state index is 12.9. The predicted molar refractivity (Wildman–Crippen MR) is 122 cm³/mol. The summed E-state index contributed by atoms with van der Waals surface area (Å²) in [5.74, 6) is 0.0159. The number of aryl methyl sites for hydroxylation is 1. The molecule has 2 N–H and O–H groups in total. The molecule has 1 saturated heterocycles. The number of rotatable bonds is 7. The normalized spacial score (nSPS) is 15.2. The van der Waals surface area contributed by atoms with Crippen molar-refractivity contribution in [2.75, 3.05) is 23.8 Å². The van der Waals surface area contributed by atoms with Crippen molar-refractivity contribution in [2.24, 2.45) is 0 Å². The van der Waals surface area contributed by atoms with E-state index >= 15 is 0 Å². The Hall–Kier alpha value is -3.71. The molecule has 3 aromatic rings. The zero-order valence-electron chi connectivity index (χ0n) is 17.8. The molecule has 7 heteroatoms. The Morgan fingerprint density at radius 3 is 2.69 bits per heavy atom. The van der Waals surface area contributed by atoms with Gasteiger partial charge in [0.25, 0.3) is 11.8 Å². The van der Waals surface area contributed by atoms with Crippen LogP contribution in [-0.2, 0) is 4.74 Å². The van der Waals surface area contributed by atoms with Crippen LogP contribution in [0, 0.1) is 6.92 Å². The summed E-state index contributed by atoms with van der Waals surface area (Å²) in [5.41, 5.74) is 2.99. The van der Waals surface area contributed by atoms with Crippen molar-refractivity contribution in [3.05, 3.63) is 83.7 Å². The number of hydrogen-bond donors (Lipinski definition) is 2.